The highest BCUT2D eigenvalue weighted by Gasteiger charge is 2.19. The second-order valence-corrected chi connectivity index (χ2v) is 16.3. The fourth-order valence-electron chi connectivity index (χ4n) is 6.21. The van der Waals surface area contributed by atoms with Crippen LogP contribution >= 0.6 is 0 Å². The zero-order valence-corrected chi connectivity index (χ0v) is 42.3. The van der Waals surface area contributed by atoms with E-state index in [0.29, 0.717) is 19.3 Å². The highest BCUT2D eigenvalue weighted by atomic mass is 16.6. The molecule has 1 atom stereocenters. The van der Waals surface area contributed by atoms with Crippen LogP contribution in [-0.4, -0.2) is 37.2 Å². The molecule has 0 aliphatic heterocycles. The Balaban J connectivity index is 4.61. The van der Waals surface area contributed by atoms with Crippen LogP contribution in [0.3, 0.4) is 0 Å². The zero-order chi connectivity index (χ0) is 48.6. The fourth-order valence-corrected chi connectivity index (χ4v) is 6.21. The summed E-state index contributed by atoms with van der Waals surface area (Å²) in [6, 6.07) is 0. The molecular formula is C61H92O6. The van der Waals surface area contributed by atoms with Gasteiger partial charge in [-0.3, -0.25) is 14.4 Å². The van der Waals surface area contributed by atoms with E-state index in [-0.39, 0.29) is 44.0 Å². The first-order valence-corrected chi connectivity index (χ1v) is 26.0. The van der Waals surface area contributed by atoms with E-state index in [2.05, 4.69) is 179 Å². The quantitative estimate of drug-likeness (QED) is 0.0262. The highest BCUT2D eigenvalue weighted by Crippen LogP contribution is 2.10. The highest BCUT2D eigenvalue weighted by molar-refractivity contribution is 5.71. The molecular weight excluding hydrogens is 829 g/mol. The Kier molecular flexibility index (Phi) is 49.7. The summed E-state index contributed by atoms with van der Waals surface area (Å²) in [5.74, 6) is -1.06. The first-order valence-electron chi connectivity index (χ1n) is 26.0. The number of unbranched alkanes of at least 4 members (excludes halogenated alkanes) is 7. The number of allylic oxidation sites excluding steroid dienone is 26. The molecule has 67 heavy (non-hydrogen) atoms. The van der Waals surface area contributed by atoms with Gasteiger partial charge in [0.25, 0.3) is 0 Å². The van der Waals surface area contributed by atoms with Gasteiger partial charge in [-0.25, -0.2) is 0 Å². The largest absolute Gasteiger partial charge is 0.462 e. The molecule has 0 saturated heterocycles. The second kappa shape index (κ2) is 53.6. The van der Waals surface area contributed by atoms with Gasteiger partial charge in [0.15, 0.2) is 6.10 Å². The minimum Gasteiger partial charge on any atom is -0.462 e. The van der Waals surface area contributed by atoms with Crippen LogP contribution in [0.4, 0.5) is 0 Å². The summed E-state index contributed by atoms with van der Waals surface area (Å²) in [6.45, 7) is 6.16. The van der Waals surface area contributed by atoms with Crippen LogP contribution in [0.2, 0.25) is 0 Å². The Bertz CT molecular complexity index is 1570. The molecule has 6 nitrogen and oxygen atoms in total. The van der Waals surface area contributed by atoms with Crippen LogP contribution in [0.5, 0.6) is 0 Å². The van der Waals surface area contributed by atoms with Gasteiger partial charge in [0.1, 0.15) is 13.2 Å². The maximum Gasteiger partial charge on any atom is 0.306 e. The smallest absolute Gasteiger partial charge is 0.306 e. The van der Waals surface area contributed by atoms with E-state index >= 15 is 0 Å². The Hall–Kier alpha value is -4.97. The van der Waals surface area contributed by atoms with Crippen LogP contribution < -0.4 is 0 Å². The average molecular weight is 921 g/mol. The first-order chi connectivity index (χ1) is 33.0. The van der Waals surface area contributed by atoms with E-state index in [9.17, 15) is 14.4 Å². The summed E-state index contributed by atoms with van der Waals surface area (Å²) in [4.78, 5) is 38.0. The maximum absolute atomic E-state index is 12.8. The lowest BCUT2D eigenvalue weighted by molar-refractivity contribution is -0.167. The van der Waals surface area contributed by atoms with Crippen molar-refractivity contribution in [3.05, 3.63) is 158 Å². The number of ether oxygens (including phenoxy) is 3. The van der Waals surface area contributed by atoms with Gasteiger partial charge in [-0.05, 0) is 141 Å². The molecule has 0 amide bonds. The predicted octanol–water partition coefficient (Wildman–Crippen LogP) is 17.4. The Morgan fingerprint density at radius 2 is 0.537 bits per heavy atom. The van der Waals surface area contributed by atoms with Crippen molar-refractivity contribution in [2.75, 3.05) is 13.2 Å². The number of hydrogen-bond donors (Lipinski definition) is 0. The maximum atomic E-state index is 12.8. The summed E-state index contributed by atoms with van der Waals surface area (Å²) < 4.78 is 16.7. The van der Waals surface area contributed by atoms with Crippen molar-refractivity contribution in [2.24, 2.45) is 0 Å². The third kappa shape index (κ3) is 51.9. The van der Waals surface area contributed by atoms with E-state index in [0.717, 1.165) is 135 Å². The predicted molar refractivity (Wildman–Crippen MR) is 288 cm³/mol. The van der Waals surface area contributed by atoms with E-state index in [1.54, 1.807) is 0 Å². The van der Waals surface area contributed by atoms with Gasteiger partial charge in [0.05, 0.1) is 0 Å². The molecule has 0 N–H and O–H groups in total. The average Bonchev–Trinajstić information content (AvgIpc) is 3.33. The SMILES string of the molecule is CC/C=C\C/C=C\C/C=C\C/C=C\C/C=C\CCCCCC(=O)OCC(COC(=O)CCCC/C=C\C/C=C\C/C=C\C/C=C\CC)OC(=O)CCCC/C=C\C/C=C\C/C=C\C/C=C\CC. The van der Waals surface area contributed by atoms with E-state index in [1.807, 2.05) is 0 Å². The minimum atomic E-state index is -0.838. The monoisotopic (exact) mass is 921 g/mol. The van der Waals surface area contributed by atoms with E-state index in [4.69, 9.17) is 14.2 Å². The van der Waals surface area contributed by atoms with Gasteiger partial charge in [0, 0.05) is 19.3 Å². The van der Waals surface area contributed by atoms with Crippen molar-refractivity contribution >= 4 is 17.9 Å². The molecule has 0 aliphatic rings. The van der Waals surface area contributed by atoms with Crippen LogP contribution in [0.15, 0.2) is 158 Å². The summed E-state index contributed by atoms with van der Waals surface area (Å²) >= 11 is 0. The molecule has 0 bridgehead atoms. The minimum absolute atomic E-state index is 0.133. The molecule has 0 spiro atoms. The Labute approximate surface area is 409 Å². The first kappa shape index (κ1) is 62.0. The van der Waals surface area contributed by atoms with Gasteiger partial charge >= 0.3 is 17.9 Å². The van der Waals surface area contributed by atoms with Crippen molar-refractivity contribution in [3.63, 3.8) is 0 Å². The molecule has 1 unspecified atom stereocenters. The molecule has 0 fully saturated rings. The summed E-state index contributed by atoms with van der Waals surface area (Å²) in [5, 5.41) is 0. The molecule has 0 radical (unpaired) electrons. The number of carbonyl (C=O) groups is 3. The standard InChI is InChI=1S/C61H92O6/c1-4-7-10-13-16-19-22-25-28-29-30-31-34-36-39-42-45-48-51-54-60(63)66-57-58(67-61(64)55-52-49-46-43-40-37-33-27-24-21-18-15-12-9-6-3)56-65-59(62)53-50-47-44-41-38-35-32-26-23-20-17-14-11-8-5-2/h7-12,16-21,25-28,30-33,36,38-41,43,58H,4-6,13-15,22-24,29,34-35,37,42,44-57H2,1-3H3/b10-7-,11-8-,12-9-,19-16-,20-17-,21-18-,28-25-,31-30-,32-26-,33-27-,39-36-,41-38-,43-40-. The van der Waals surface area contributed by atoms with Crippen LogP contribution in [0.1, 0.15) is 188 Å². The number of carbonyl (C=O) groups excluding carboxylic acids is 3. The third-order valence-corrected chi connectivity index (χ3v) is 10.0. The lowest BCUT2D eigenvalue weighted by atomic mass is 10.1. The zero-order valence-electron chi connectivity index (χ0n) is 42.3. The third-order valence-electron chi connectivity index (χ3n) is 10.0. The van der Waals surface area contributed by atoms with Crippen LogP contribution in [-0.2, 0) is 28.6 Å². The number of esters is 3. The Morgan fingerprint density at radius 3 is 0.836 bits per heavy atom. The molecule has 0 aromatic heterocycles. The molecule has 0 rings (SSSR count). The number of hydrogen-bond acceptors (Lipinski definition) is 6. The van der Waals surface area contributed by atoms with Crippen molar-refractivity contribution in [1.29, 1.82) is 0 Å². The van der Waals surface area contributed by atoms with Crippen molar-refractivity contribution in [2.45, 2.75) is 194 Å². The summed E-state index contributed by atoms with van der Waals surface area (Å²) in [5.41, 5.74) is 0. The number of rotatable bonds is 44. The van der Waals surface area contributed by atoms with Crippen LogP contribution in [0.25, 0.3) is 0 Å². The molecule has 6 heteroatoms. The van der Waals surface area contributed by atoms with E-state index in [1.165, 1.54) is 0 Å². The Morgan fingerprint density at radius 1 is 0.299 bits per heavy atom. The summed E-state index contributed by atoms with van der Waals surface area (Å²) in [6.07, 6.45) is 78.0. The van der Waals surface area contributed by atoms with Crippen molar-refractivity contribution < 1.29 is 28.6 Å². The normalized spacial score (nSPS) is 13.4. The van der Waals surface area contributed by atoms with Gasteiger partial charge < -0.3 is 14.2 Å². The summed E-state index contributed by atoms with van der Waals surface area (Å²) in [7, 11) is 0. The topological polar surface area (TPSA) is 78.9 Å². The van der Waals surface area contributed by atoms with Gasteiger partial charge in [-0.15, -0.1) is 0 Å². The molecule has 0 heterocycles. The fraction of sp³-hybridized carbons (Fsp3) is 0.525. The molecule has 372 valence electrons. The molecule has 0 aromatic carbocycles. The van der Waals surface area contributed by atoms with Crippen molar-refractivity contribution in [3.8, 4) is 0 Å². The van der Waals surface area contributed by atoms with Gasteiger partial charge in [-0.2, -0.15) is 0 Å². The lowest BCUT2D eigenvalue weighted by Crippen LogP contribution is -2.30. The molecule has 0 saturated carbocycles. The van der Waals surface area contributed by atoms with Crippen LogP contribution in [0, 0.1) is 0 Å². The lowest BCUT2D eigenvalue weighted by Gasteiger charge is -2.18. The molecule has 0 aliphatic carbocycles. The van der Waals surface area contributed by atoms with Crippen molar-refractivity contribution in [1.82, 2.24) is 0 Å². The van der Waals surface area contributed by atoms with E-state index < -0.39 is 6.10 Å². The van der Waals surface area contributed by atoms with Gasteiger partial charge in [0.2, 0.25) is 0 Å². The van der Waals surface area contributed by atoms with Gasteiger partial charge in [-0.1, -0.05) is 185 Å². The second-order valence-electron chi connectivity index (χ2n) is 16.3. The molecule has 0 aromatic rings.